The number of anilines is 9. The van der Waals surface area contributed by atoms with Gasteiger partial charge in [-0.05, 0) is 209 Å². The van der Waals surface area contributed by atoms with Crippen molar-refractivity contribution in [1.29, 1.82) is 0 Å². The fourth-order valence-electron chi connectivity index (χ4n) is 12.0. The maximum atomic E-state index is 2.64. The molecule has 0 saturated carbocycles. The molecule has 406 valence electrons. The minimum atomic E-state index is -0.138. The molecule has 1 aromatic heterocycles. The second-order valence-electron chi connectivity index (χ2n) is 27.0. The van der Waals surface area contributed by atoms with E-state index in [9.17, 15) is 0 Å². The highest BCUT2D eigenvalue weighted by atomic mass is 127. The second kappa shape index (κ2) is 20.1. The van der Waals surface area contributed by atoms with Gasteiger partial charge in [-0.15, -0.1) is 11.3 Å². The molecule has 0 amide bonds. The number of aryl methyl sites for hydroxylation is 1. The Morgan fingerprint density at radius 1 is 0.400 bits per heavy atom. The van der Waals surface area contributed by atoms with Crippen LogP contribution in [0.25, 0.3) is 32.0 Å². The summed E-state index contributed by atoms with van der Waals surface area (Å²) < 4.78 is 2.56. The van der Waals surface area contributed by atoms with Gasteiger partial charge in [-0.1, -0.05) is 194 Å². The number of hydrogen-bond acceptors (Lipinski definition) is 4. The van der Waals surface area contributed by atoms with E-state index in [1.807, 2.05) is 11.3 Å². The van der Waals surface area contributed by atoms with Crippen molar-refractivity contribution in [1.82, 2.24) is 0 Å². The number of benzene rings is 9. The van der Waals surface area contributed by atoms with Crippen molar-refractivity contribution in [3.8, 4) is 11.1 Å². The van der Waals surface area contributed by atoms with Crippen LogP contribution in [0, 0.1) is 16.7 Å². The lowest BCUT2D eigenvalue weighted by Gasteiger charge is -2.34. The summed E-state index contributed by atoms with van der Waals surface area (Å²) in [6, 6.07) is 69.6. The molecule has 0 bridgehead atoms. The molecule has 0 radical (unpaired) electrons. The van der Waals surface area contributed by atoms with E-state index < -0.39 is 0 Å². The quantitative estimate of drug-likeness (QED) is 0.133. The number of rotatable bonds is 9. The van der Waals surface area contributed by atoms with Crippen LogP contribution in [0.3, 0.4) is 0 Å². The molecular weight excluding hydrogens is 1100 g/mol. The van der Waals surface area contributed by atoms with Gasteiger partial charge in [0.15, 0.2) is 0 Å². The average molecular weight is 1180 g/mol. The van der Waals surface area contributed by atoms with Gasteiger partial charge in [0, 0.05) is 43.9 Å². The van der Waals surface area contributed by atoms with Crippen molar-refractivity contribution >= 4 is 106 Å². The molecule has 0 spiro atoms. The summed E-state index contributed by atoms with van der Waals surface area (Å²) in [5.41, 5.74) is 23.2. The van der Waals surface area contributed by atoms with Crippen molar-refractivity contribution < 1.29 is 0 Å². The van der Waals surface area contributed by atoms with Gasteiger partial charge in [-0.25, -0.2) is 0 Å². The van der Waals surface area contributed by atoms with Gasteiger partial charge in [0.05, 0.1) is 25.6 Å². The molecule has 0 saturated heterocycles. The zero-order valence-corrected chi connectivity index (χ0v) is 52.9. The Labute approximate surface area is 495 Å². The Hall–Kier alpha value is -6.67. The first-order valence-corrected chi connectivity index (χ1v) is 30.4. The van der Waals surface area contributed by atoms with E-state index in [2.05, 4.69) is 330 Å². The lowest BCUT2D eigenvalue weighted by Crippen LogP contribution is -2.18. The van der Waals surface area contributed by atoms with E-state index in [4.69, 9.17) is 0 Å². The fraction of sp³-hybridized carbons (Fsp3) is 0.280. The molecule has 9 aromatic carbocycles. The molecule has 0 aliphatic heterocycles. The van der Waals surface area contributed by atoms with Crippen molar-refractivity contribution in [2.45, 2.75) is 138 Å². The number of fused-ring (bicyclic) bond motifs is 6. The van der Waals surface area contributed by atoms with Gasteiger partial charge in [0.1, 0.15) is 0 Å². The predicted octanol–water partition coefficient (Wildman–Crippen LogP) is 23.2. The molecule has 1 aliphatic rings. The predicted molar refractivity (Wildman–Crippen MR) is 358 cm³/mol. The first kappa shape index (κ1) is 55.2. The molecule has 1 aliphatic carbocycles. The van der Waals surface area contributed by atoms with E-state index in [0.29, 0.717) is 0 Å². The fourth-order valence-corrected chi connectivity index (χ4v) is 14.2. The van der Waals surface area contributed by atoms with Gasteiger partial charge in [0.25, 0.3) is 0 Å². The van der Waals surface area contributed by atoms with E-state index in [0.717, 1.165) is 45.5 Å². The first-order valence-electron chi connectivity index (χ1n) is 28.5. The Morgan fingerprint density at radius 2 is 0.850 bits per heavy atom. The smallest absolute Gasteiger partial charge is 0.0906 e. The molecule has 11 rings (SSSR count). The third-order valence-corrected chi connectivity index (χ3v) is 19.0. The van der Waals surface area contributed by atoms with Crippen LogP contribution in [-0.2, 0) is 27.1 Å². The summed E-state index contributed by atoms with van der Waals surface area (Å²) in [4.78, 5) is 7.51. The molecule has 0 fully saturated rings. The molecular formula is C75H78IN3S. The van der Waals surface area contributed by atoms with Crippen LogP contribution in [0.2, 0.25) is 0 Å². The number of nitrogens with zero attached hydrogens (tertiary/aromatic N) is 3. The first-order chi connectivity index (χ1) is 37.7. The second-order valence-corrected chi connectivity index (χ2v) is 29.9. The number of thiophene rings is 1. The largest absolute Gasteiger partial charge is 0.310 e. The molecule has 1 heterocycles. The topological polar surface area (TPSA) is 9.72 Å². The van der Waals surface area contributed by atoms with Gasteiger partial charge in [0.2, 0.25) is 0 Å². The van der Waals surface area contributed by atoms with Crippen LogP contribution in [0.4, 0.5) is 51.2 Å². The molecule has 0 unspecified atom stereocenters. The van der Waals surface area contributed by atoms with E-state index >= 15 is 0 Å². The van der Waals surface area contributed by atoms with Crippen molar-refractivity contribution in [2.75, 3.05) is 14.7 Å². The Morgan fingerprint density at radius 3 is 1.35 bits per heavy atom. The monoisotopic (exact) mass is 1180 g/mol. The maximum Gasteiger partial charge on any atom is 0.0906 e. The average Bonchev–Trinajstić information content (AvgIpc) is 4.04. The minimum Gasteiger partial charge on any atom is -0.310 e. The van der Waals surface area contributed by atoms with Crippen LogP contribution in [0.15, 0.2) is 182 Å². The van der Waals surface area contributed by atoms with Crippen molar-refractivity contribution in [3.05, 3.63) is 229 Å². The number of hydrogen-bond donors (Lipinski definition) is 0. The summed E-state index contributed by atoms with van der Waals surface area (Å²) >= 11 is 4.54. The Bertz CT molecular complexity index is 3910. The van der Waals surface area contributed by atoms with E-state index in [1.54, 1.807) is 0 Å². The summed E-state index contributed by atoms with van der Waals surface area (Å²) in [7, 11) is 0. The van der Waals surface area contributed by atoms with Crippen LogP contribution < -0.4 is 14.7 Å². The molecule has 0 N–H and O–H groups in total. The molecule has 3 nitrogen and oxygen atoms in total. The highest BCUT2D eigenvalue weighted by molar-refractivity contribution is 14.1. The van der Waals surface area contributed by atoms with Gasteiger partial charge >= 0.3 is 0 Å². The molecule has 0 atom stereocenters. The number of halogens is 1. The third-order valence-electron chi connectivity index (χ3n) is 16.9. The van der Waals surface area contributed by atoms with Gasteiger partial charge < -0.3 is 14.7 Å². The van der Waals surface area contributed by atoms with Gasteiger partial charge in [-0.3, -0.25) is 0 Å². The van der Waals surface area contributed by atoms with Crippen LogP contribution in [-0.4, -0.2) is 0 Å². The summed E-state index contributed by atoms with van der Waals surface area (Å²) in [6.07, 6.45) is 0. The molecule has 10 aromatic rings. The van der Waals surface area contributed by atoms with Crippen molar-refractivity contribution in [2.24, 2.45) is 0 Å². The highest BCUT2D eigenvalue weighted by Gasteiger charge is 2.38. The SMILES string of the molecule is Cc1ccc(N(c2ccc(C(C)(C)C)cc2)c2ccc(C(C)(C)C)cc2)cc1N(c1ccc(C(C)(C)C)cc1)c1cccc(N(c2ccc(C(C)(C)C)cc2)c2c(I)sc3cc4c(cc23)-c2c(ccc3ccccc23)C4(C)C)c1C. The summed E-state index contributed by atoms with van der Waals surface area (Å²) in [5.74, 6) is 0. The van der Waals surface area contributed by atoms with Crippen LogP contribution >= 0.6 is 33.9 Å². The standard InChI is InChI=1S/C75H78IN3S/c1-47-24-34-58(77(54-35-26-50(27-36-54)71(3,4)5)55-37-28-51(29-38-55)72(6,7)8)44-66(47)78(56-39-30-52(31-40-56)73(9,10)11)64-22-19-23-65(48(64)2)79(57-41-32-53(33-42-57)74(12,13)14)69-61-45-60-63(46-67(61)80-70(69)76)75(15,16)62-43-25-49-20-17-18-21-59(49)68(60)62/h17-46H,1-16H3. The summed E-state index contributed by atoms with van der Waals surface area (Å²) in [5, 5.41) is 3.86. The molecule has 80 heavy (non-hydrogen) atoms. The zero-order chi connectivity index (χ0) is 57.0. The van der Waals surface area contributed by atoms with E-state index in [-0.39, 0.29) is 27.1 Å². The van der Waals surface area contributed by atoms with Crippen molar-refractivity contribution in [3.63, 3.8) is 0 Å². The van der Waals surface area contributed by atoms with Gasteiger partial charge in [-0.2, -0.15) is 0 Å². The molecule has 5 heteroatoms. The Balaban J connectivity index is 1.14. The van der Waals surface area contributed by atoms with E-state index in [1.165, 1.54) is 85.1 Å². The lowest BCUT2D eigenvalue weighted by molar-refractivity contribution is 0.590. The van der Waals surface area contributed by atoms with Crippen LogP contribution in [0.5, 0.6) is 0 Å². The van der Waals surface area contributed by atoms with Crippen LogP contribution in [0.1, 0.15) is 141 Å². The normalized spacial score (nSPS) is 13.4. The Kier molecular flexibility index (Phi) is 13.9. The highest BCUT2D eigenvalue weighted by Crippen LogP contribution is 2.56. The minimum absolute atomic E-state index is 0.00297. The zero-order valence-electron chi connectivity index (χ0n) is 49.9. The maximum absolute atomic E-state index is 2.64. The third kappa shape index (κ3) is 9.95. The summed E-state index contributed by atoms with van der Waals surface area (Å²) in [6.45, 7) is 36.9. The lowest BCUT2D eigenvalue weighted by atomic mass is 9.82.